The number of methoxy groups -OCH3 is 1. The van der Waals surface area contributed by atoms with E-state index in [1.807, 2.05) is 0 Å². The number of hydrogen-bond donors (Lipinski definition) is 0. The highest BCUT2D eigenvalue weighted by Crippen LogP contribution is 2.29. The summed E-state index contributed by atoms with van der Waals surface area (Å²) in [6.07, 6.45) is -4.96. The molecule has 0 aliphatic heterocycles. The molecule has 0 aromatic carbocycles. The van der Waals surface area contributed by atoms with Crippen LogP contribution in [0.3, 0.4) is 0 Å². The van der Waals surface area contributed by atoms with Gasteiger partial charge in [0, 0.05) is 11.5 Å². The van der Waals surface area contributed by atoms with E-state index in [4.69, 9.17) is 5.53 Å². The summed E-state index contributed by atoms with van der Waals surface area (Å²) in [5.74, 6) is -2.36. The summed E-state index contributed by atoms with van der Waals surface area (Å²) in [6.45, 7) is 4.06. The van der Waals surface area contributed by atoms with E-state index in [-0.39, 0.29) is 6.08 Å². The van der Waals surface area contributed by atoms with Crippen molar-refractivity contribution in [3.05, 3.63) is 17.2 Å². The topological polar surface area (TPSA) is 79.8 Å². The molecule has 0 aliphatic rings. The number of ketones is 1. The van der Waals surface area contributed by atoms with Crippen molar-refractivity contribution in [1.82, 2.24) is 0 Å². The summed E-state index contributed by atoms with van der Waals surface area (Å²) in [7, 11) is 0.883. The smallest absolute Gasteiger partial charge is 0.424 e. The maximum Gasteiger partial charge on any atom is 0.424 e. The van der Waals surface area contributed by atoms with E-state index in [2.05, 4.69) is 9.53 Å². The Labute approximate surface area is 107 Å². The van der Waals surface area contributed by atoms with E-state index < -0.39 is 34.6 Å². The minimum absolute atomic E-state index is 0.0681. The number of allylic oxidation sites excluding steroid dienone is 1. The minimum atomic E-state index is -5.03. The lowest BCUT2D eigenvalue weighted by Gasteiger charge is -2.15. The number of esters is 1. The van der Waals surface area contributed by atoms with E-state index >= 15 is 0 Å². The van der Waals surface area contributed by atoms with Crippen molar-refractivity contribution in [1.29, 1.82) is 0 Å². The molecule has 0 heterocycles. The van der Waals surface area contributed by atoms with E-state index in [0.717, 1.165) is 7.11 Å². The molecular formula is C11H13F3N2O3. The van der Waals surface area contributed by atoms with Crippen LogP contribution in [-0.2, 0) is 14.3 Å². The molecule has 0 aromatic rings. The van der Waals surface area contributed by atoms with E-state index in [9.17, 15) is 22.8 Å². The Hall–Kier alpha value is -1.95. The van der Waals surface area contributed by atoms with Gasteiger partial charge in [-0.3, -0.25) is 4.79 Å². The molecule has 19 heavy (non-hydrogen) atoms. The van der Waals surface area contributed by atoms with Gasteiger partial charge in [-0.2, -0.15) is 18.0 Å². The molecule has 0 bridgehead atoms. The molecule has 8 heteroatoms. The first kappa shape index (κ1) is 17.1. The van der Waals surface area contributed by atoms with Crippen LogP contribution in [0.1, 0.15) is 20.8 Å². The molecule has 0 amide bonds. The lowest BCUT2D eigenvalue weighted by atomic mass is 9.85. The first-order valence-corrected chi connectivity index (χ1v) is 5.09. The second kappa shape index (κ2) is 5.79. The van der Waals surface area contributed by atoms with Crippen LogP contribution in [0.15, 0.2) is 11.6 Å². The molecule has 0 rings (SSSR count). The molecule has 0 N–H and O–H groups in total. The van der Waals surface area contributed by atoms with Crippen molar-refractivity contribution in [3.63, 3.8) is 0 Å². The molecule has 0 saturated heterocycles. The Balaban J connectivity index is 5.90. The lowest BCUT2D eigenvalue weighted by Crippen LogP contribution is -2.35. The van der Waals surface area contributed by atoms with Crippen molar-refractivity contribution in [2.45, 2.75) is 26.9 Å². The van der Waals surface area contributed by atoms with Crippen LogP contribution in [0.25, 0.3) is 5.53 Å². The first-order valence-electron chi connectivity index (χ1n) is 5.09. The monoisotopic (exact) mass is 278 g/mol. The summed E-state index contributed by atoms with van der Waals surface area (Å²) >= 11 is 0. The number of rotatable bonds is 3. The number of alkyl halides is 3. The molecule has 106 valence electrons. The van der Waals surface area contributed by atoms with Gasteiger partial charge in [0.2, 0.25) is 5.78 Å². The highest BCUT2D eigenvalue weighted by atomic mass is 19.4. The second-order valence-corrected chi connectivity index (χ2v) is 4.61. The average molecular weight is 278 g/mol. The van der Waals surface area contributed by atoms with Crippen molar-refractivity contribution in [2.24, 2.45) is 5.41 Å². The molecule has 0 aliphatic carbocycles. The standard InChI is InChI=1S/C11H13F3N2O3/c1-10(2,3)9(18)8(16-15)6(11(12,13)14)5-7(17)19-4/h5H,1-4H3/b6-5+. The molecule has 0 aromatic heterocycles. The largest absolute Gasteiger partial charge is 0.466 e. The third-order valence-electron chi connectivity index (χ3n) is 2.02. The molecule has 0 unspecified atom stereocenters. The number of nitrogens with zero attached hydrogens (tertiary/aromatic N) is 2. The number of Topliss-reactive ketones (excluding diaryl/α,β-unsaturated/α-hetero) is 1. The van der Waals surface area contributed by atoms with Gasteiger partial charge in [0.05, 0.1) is 7.11 Å². The Bertz CT molecular complexity index is 467. The molecular weight excluding hydrogens is 265 g/mol. The Morgan fingerprint density at radius 3 is 1.95 bits per heavy atom. The fourth-order valence-electron chi connectivity index (χ4n) is 1.04. The number of carbonyl (C=O) groups excluding carboxylic acids is 2. The van der Waals surface area contributed by atoms with Gasteiger partial charge >= 0.3 is 17.9 Å². The number of ether oxygens (including phenoxy) is 1. The zero-order valence-corrected chi connectivity index (χ0v) is 10.8. The zero-order valence-electron chi connectivity index (χ0n) is 10.8. The maximum absolute atomic E-state index is 12.8. The zero-order chi connectivity index (χ0) is 15.4. The summed E-state index contributed by atoms with van der Waals surface area (Å²) in [5, 5.41) is 0. The third kappa shape index (κ3) is 4.67. The van der Waals surface area contributed by atoms with Crippen molar-refractivity contribution in [3.8, 4) is 0 Å². The fraction of sp³-hybridized carbons (Fsp3) is 0.545. The average Bonchev–Trinajstić information content (AvgIpc) is 2.25. The highest BCUT2D eigenvalue weighted by molar-refractivity contribution is 6.46. The van der Waals surface area contributed by atoms with Crippen LogP contribution in [0.2, 0.25) is 0 Å². The van der Waals surface area contributed by atoms with Gasteiger partial charge in [0.1, 0.15) is 0 Å². The number of halogens is 3. The number of carbonyl (C=O) groups is 2. The Kier molecular flexibility index (Phi) is 5.20. The van der Waals surface area contributed by atoms with Crippen LogP contribution in [0, 0.1) is 5.41 Å². The van der Waals surface area contributed by atoms with Gasteiger partial charge in [0.15, 0.2) is 5.57 Å². The van der Waals surface area contributed by atoms with Gasteiger partial charge in [-0.1, -0.05) is 20.8 Å². The lowest BCUT2D eigenvalue weighted by molar-refractivity contribution is -0.136. The number of hydrogen-bond acceptors (Lipinski definition) is 3. The fourth-order valence-corrected chi connectivity index (χ4v) is 1.04. The predicted molar refractivity (Wildman–Crippen MR) is 59.2 cm³/mol. The van der Waals surface area contributed by atoms with Crippen molar-refractivity contribution in [2.75, 3.05) is 7.11 Å². The summed E-state index contributed by atoms with van der Waals surface area (Å²) in [4.78, 5) is 25.1. The molecule has 0 fully saturated rings. The van der Waals surface area contributed by atoms with E-state index in [0.29, 0.717) is 0 Å². The Morgan fingerprint density at radius 2 is 1.68 bits per heavy atom. The molecule has 5 nitrogen and oxygen atoms in total. The van der Waals surface area contributed by atoms with Crippen molar-refractivity contribution < 1.29 is 32.3 Å². The molecule has 0 atom stereocenters. The summed E-state index contributed by atoms with van der Waals surface area (Å²) in [6, 6.07) is 0. The third-order valence-corrected chi connectivity index (χ3v) is 2.02. The highest BCUT2D eigenvalue weighted by Gasteiger charge is 2.48. The predicted octanol–water partition coefficient (Wildman–Crippen LogP) is 1.93. The van der Waals surface area contributed by atoms with Crippen molar-refractivity contribution >= 4 is 17.5 Å². The first-order chi connectivity index (χ1) is 8.45. The van der Waals surface area contributed by atoms with E-state index in [1.54, 1.807) is 0 Å². The molecule has 0 saturated carbocycles. The van der Waals surface area contributed by atoms with Gasteiger partial charge in [0.25, 0.3) is 0 Å². The van der Waals surface area contributed by atoms with Crippen LogP contribution in [0.5, 0.6) is 0 Å². The van der Waals surface area contributed by atoms with Gasteiger partial charge in [-0.05, 0) is 0 Å². The molecule has 0 spiro atoms. The summed E-state index contributed by atoms with van der Waals surface area (Å²) < 4.78 is 42.4. The molecule has 0 radical (unpaired) electrons. The van der Waals surface area contributed by atoms with Gasteiger partial charge in [-0.25, -0.2) is 4.79 Å². The quantitative estimate of drug-likeness (QED) is 0.260. The van der Waals surface area contributed by atoms with Crippen LogP contribution >= 0.6 is 0 Å². The maximum atomic E-state index is 12.8. The second-order valence-electron chi connectivity index (χ2n) is 4.61. The normalized spacial score (nSPS) is 12.7. The Morgan fingerprint density at radius 1 is 1.21 bits per heavy atom. The van der Waals surface area contributed by atoms with Gasteiger partial charge < -0.3 is 10.3 Å². The van der Waals surface area contributed by atoms with E-state index in [1.165, 1.54) is 20.8 Å². The minimum Gasteiger partial charge on any atom is -0.466 e. The van der Waals surface area contributed by atoms with Crippen LogP contribution < -0.4 is 0 Å². The van der Waals surface area contributed by atoms with Crippen LogP contribution in [0.4, 0.5) is 13.2 Å². The summed E-state index contributed by atoms with van der Waals surface area (Å²) in [5.41, 5.74) is 4.56. The SMILES string of the molecule is COC(=O)/C=C(\C(=[N+]=[N-])C(=O)C(C)(C)C)C(F)(F)F. The van der Waals surface area contributed by atoms with Crippen LogP contribution in [-0.4, -0.2) is 35.5 Å². The van der Waals surface area contributed by atoms with Gasteiger partial charge in [-0.15, -0.1) is 0 Å².